The molecule has 1 atom stereocenters. The summed E-state index contributed by atoms with van der Waals surface area (Å²) in [5, 5.41) is 3.27. The highest BCUT2D eigenvalue weighted by atomic mass is 32.2. The van der Waals surface area contributed by atoms with Gasteiger partial charge in [0.15, 0.2) is 0 Å². The van der Waals surface area contributed by atoms with Gasteiger partial charge in [0.05, 0.1) is 5.75 Å². The van der Waals surface area contributed by atoms with E-state index in [4.69, 9.17) is 0 Å². The highest BCUT2D eigenvalue weighted by molar-refractivity contribution is 7.90. The number of hydrogen-bond acceptors (Lipinski definition) is 4. The summed E-state index contributed by atoms with van der Waals surface area (Å²) in [5.74, 6) is 0.156. The number of nitrogens with zero attached hydrogens (tertiary/aromatic N) is 1. The van der Waals surface area contributed by atoms with Crippen LogP contribution >= 0.6 is 0 Å². The van der Waals surface area contributed by atoms with Crippen LogP contribution in [-0.4, -0.2) is 44.5 Å². The first-order chi connectivity index (χ1) is 9.42. The summed E-state index contributed by atoms with van der Waals surface area (Å²) in [7, 11) is -2.94. The third-order valence-corrected chi connectivity index (χ3v) is 4.60. The Hall–Kier alpha value is -1.07. The fraction of sp³-hybridized carbons (Fsp3) is 0.600. The summed E-state index contributed by atoms with van der Waals surface area (Å²) in [6.07, 6.45) is 3.86. The topological polar surface area (TPSA) is 49.4 Å². The number of hydrogen-bond donors (Lipinski definition) is 1. The van der Waals surface area contributed by atoms with Gasteiger partial charge in [0.2, 0.25) is 0 Å². The Kier molecular flexibility index (Phi) is 5.05. The molecule has 1 fully saturated rings. The lowest BCUT2D eigenvalue weighted by atomic mass is 10.2. The number of anilines is 1. The number of sulfone groups is 1. The van der Waals surface area contributed by atoms with Gasteiger partial charge in [-0.3, -0.25) is 4.90 Å². The Balaban J connectivity index is 1.94. The second-order valence-electron chi connectivity index (χ2n) is 5.82. The average molecular weight is 296 g/mol. The second-order valence-corrected chi connectivity index (χ2v) is 8.01. The van der Waals surface area contributed by atoms with Crippen LogP contribution in [0.15, 0.2) is 24.3 Å². The van der Waals surface area contributed by atoms with Gasteiger partial charge in [-0.05, 0) is 50.6 Å². The average Bonchev–Trinajstić information content (AvgIpc) is 2.79. The molecule has 0 amide bonds. The summed E-state index contributed by atoms with van der Waals surface area (Å²) < 4.78 is 22.6. The van der Waals surface area contributed by atoms with E-state index in [1.54, 1.807) is 0 Å². The van der Waals surface area contributed by atoms with Gasteiger partial charge >= 0.3 is 0 Å². The highest BCUT2D eigenvalue weighted by Gasteiger charge is 2.13. The predicted molar refractivity (Wildman–Crippen MR) is 83.7 cm³/mol. The Morgan fingerprint density at radius 3 is 2.65 bits per heavy atom. The number of benzene rings is 1. The van der Waals surface area contributed by atoms with Gasteiger partial charge in [0.25, 0.3) is 0 Å². The lowest BCUT2D eigenvalue weighted by molar-refractivity contribution is 0.331. The molecule has 0 radical (unpaired) electrons. The Morgan fingerprint density at radius 2 is 2.00 bits per heavy atom. The lowest BCUT2D eigenvalue weighted by Gasteiger charge is -2.17. The van der Waals surface area contributed by atoms with Crippen LogP contribution in [0.4, 0.5) is 5.69 Å². The van der Waals surface area contributed by atoms with Crippen molar-refractivity contribution < 1.29 is 8.42 Å². The first-order valence-electron chi connectivity index (χ1n) is 7.18. The molecule has 0 spiro atoms. The molecular formula is C15H24N2O2S. The molecule has 1 unspecified atom stereocenters. The maximum absolute atomic E-state index is 11.3. The minimum Gasteiger partial charge on any atom is -0.382 e. The minimum atomic E-state index is -2.94. The monoisotopic (exact) mass is 296 g/mol. The zero-order valence-electron chi connectivity index (χ0n) is 12.3. The molecule has 112 valence electrons. The molecule has 2 rings (SSSR count). The zero-order valence-corrected chi connectivity index (χ0v) is 13.1. The van der Waals surface area contributed by atoms with Crippen molar-refractivity contribution in [2.45, 2.75) is 32.4 Å². The van der Waals surface area contributed by atoms with Gasteiger partial charge in [-0.1, -0.05) is 12.1 Å². The van der Waals surface area contributed by atoms with E-state index >= 15 is 0 Å². The number of likely N-dealkylation sites (tertiary alicyclic amines) is 1. The minimum absolute atomic E-state index is 0.0768. The molecule has 5 heteroatoms. The molecule has 0 bridgehead atoms. The molecule has 20 heavy (non-hydrogen) atoms. The van der Waals surface area contributed by atoms with Crippen LogP contribution in [0.3, 0.4) is 0 Å². The van der Waals surface area contributed by atoms with Crippen molar-refractivity contribution in [3.05, 3.63) is 29.8 Å². The SMILES string of the molecule is CC(CS(C)(=O)=O)Nc1cccc(CN2CCCC2)c1. The van der Waals surface area contributed by atoms with Crippen LogP contribution in [0.1, 0.15) is 25.3 Å². The van der Waals surface area contributed by atoms with E-state index in [1.807, 2.05) is 19.1 Å². The Morgan fingerprint density at radius 1 is 1.30 bits per heavy atom. The van der Waals surface area contributed by atoms with Crippen molar-refractivity contribution in [2.24, 2.45) is 0 Å². The van der Waals surface area contributed by atoms with Gasteiger partial charge < -0.3 is 5.32 Å². The maximum Gasteiger partial charge on any atom is 0.149 e. The normalized spacial score (nSPS) is 18.1. The van der Waals surface area contributed by atoms with E-state index in [0.717, 1.165) is 12.2 Å². The van der Waals surface area contributed by atoms with E-state index in [9.17, 15) is 8.42 Å². The van der Waals surface area contributed by atoms with Crippen LogP contribution in [0.25, 0.3) is 0 Å². The maximum atomic E-state index is 11.3. The van der Waals surface area contributed by atoms with Gasteiger partial charge in [-0.15, -0.1) is 0 Å². The Labute approximate surface area is 122 Å². The van der Waals surface area contributed by atoms with Crippen LogP contribution in [0.5, 0.6) is 0 Å². The standard InChI is InChI=1S/C15H24N2O2S/c1-13(12-20(2,18)19)16-15-7-5-6-14(10-15)11-17-8-3-4-9-17/h5-7,10,13,16H,3-4,8-9,11-12H2,1-2H3. The fourth-order valence-corrected chi connectivity index (χ4v) is 3.73. The van der Waals surface area contributed by atoms with Crippen molar-refractivity contribution >= 4 is 15.5 Å². The molecule has 1 aromatic rings. The second kappa shape index (κ2) is 6.59. The van der Waals surface area contributed by atoms with Crippen LogP contribution in [-0.2, 0) is 16.4 Å². The summed E-state index contributed by atoms with van der Waals surface area (Å²) in [4.78, 5) is 2.46. The molecule has 1 aromatic carbocycles. The number of rotatable bonds is 6. The molecule has 1 N–H and O–H groups in total. The van der Waals surface area contributed by atoms with E-state index in [2.05, 4.69) is 22.3 Å². The smallest absolute Gasteiger partial charge is 0.149 e. The van der Waals surface area contributed by atoms with Crippen molar-refractivity contribution in [1.82, 2.24) is 4.90 Å². The molecule has 1 aliphatic heterocycles. The quantitative estimate of drug-likeness (QED) is 0.873. The first-order valence-corrected chi connectivity index (χ1v) is 9.24. The predicted octanol–water partition coefficient (Wildman–Crippen LogP) is 2.13. The van der Waals surface area contributed by atoms with Crippen LogP contribution < -0.4 is 5.32 Å². The van der Waals surface area contributed by atoms with E-state index in [1.165, 1.54) is 37.8 Å². The summed E-state index contributed by atoms with van der Waals surface area (Å²) in [6.45, 7) is 5.24. The van der Waals surface area contributed by atoms with Gasteiger partial charge in [0, 0.05) is 24.5 Å². The third-order valence-electron chi connectivity index (χ3n) is 3.50. The Bertz CT molecular complexity index is 537. The molecule has 0 aliphatic carbocycles. The van der Waals surface area contributed by atoms with Crippen molar-refractivity contribution in [2.75, 3.05) is 30.4 Å². The zero-order chi connectivity index (χ0) is 14.6. The lowest BCUT2D eigenvalue weighted by Crippen LogP contribution is -2.25. The van der Waals surface area contributed by atoms with Crippen LogP contribution in [0.2, 0.25) is 0 Å². The highest BCUT2D eigenvalue weighted by Crippen LogP contribution is 2.16. The molecule has 1 heterocycles. The van der Waals surface area contributed by atoms with Gasteiger partial charge in [-0.25, -0.2) is 8.42 Å². The van der Waals surface area contributed by atoms with Crippen LogP contribution in [0, 0.1) is 0 Å². The summed E-state index contributed by atoms with van der Waals surface area (Å²) in [6, 6.07) is 8.20. The van der Waals surface area contributed by atoms with Crippen molar-refractivity contribution in [3.8, 4) is 0 Å². The van der Waals surface area contributed by atoms with E-state index in [0.29, 0.717) is 0 Å². The first kappa shape index (κ1) is 15.3. The van der Waals surface area contributed by atoms with Gasteiger partial charge in [-0.2, -0.15) is 0 Å². The van der Waals surface area contributed by atoms with Crippen molar-refractivity contribution in [1.29, 1.82) is 0 Å². The molecule has 1 saturated heterocycles. The number of nitrogens with one attached hydrogen (secondary N) is 1. The van der Waals surface area contributed by atoms with E-state index < -0.39 is 9.84 Å². The molecule has 0 aromatic heterocycles. The van der Waals surface area contributed by atoms with E-state index in [-0.39, 0.29) is 11.8 Å². The largest absolute Gasteiger partial charge is 0.382 e. The van der Waals surface area contributed by atoms with Crippen molar-refractivity contribution in [3.63, 3.8) is 0 Å². The van der Waals surface area contributed by atoms with Gasteiger partial charge in [0.1, 0.15) is 9.84 Å². The summed E-state index contributed by atoms with van der Waals surface area (Å²) in [5.41, 5.74) is 2.28. The molecular weight excluding hydrogens is 272 g/mol. The third kappa shape index (κ3) is 5.13. The molecule has 0 saturated carbocycles. The molecule has 1 aliphatic rings. The summed E-state index contributed by atoms with van der Waals surface area (Å²) >= 11 is 0. The molecule has 4 nitrogen and oxygen atoms in total. The fourth-order valence-electron chi connectivity index (χ4n) is 2.74.